The SMILES string of the molecule is CN(CC1CCCCO1)c1cc(F)ncn1. The molecule has 2 heterocycles. The number of halogens is 1. The first kappa shape index (κ1) is 11.3. The summed E-state index contributed by atoms with van der Waals surface area (Å²) < 4.78 is 18.5. The summed E-state index contributed by atoms with van der Waals surface area (Å²) in [5.41, 5.74) is 0. The van der Waals surface area contributed by atoms with Crippen LogP contribution in [0.1, 0.15) is 19.3 Å². The molecular weight excluding hydrogens is 209 g/mol. The molecule has 1 unspecified atom stereocenters. The highest BCUT2D eigenvalue weighted by molar-refractivity contribution is 5.35. The van der Waals surface area contributed by atoms with Crippen LogP contribution in [0.2, 0.25) is 0 Å². The molecule has 0 aliphatic carbocycles. The van der Waals surface area contributed by atoms with Gasteiger partial charge >= 0.3 is 0 Å². The molecule has 0 N–H and O–H groups in total. The molecule has 1 aliphatic rings. The average molecular weight is 225 g/mol. The van der Waals surface area contributed by atoms with Crippen LogP contribution < -0.4 is 4.90 Å². The molecule has 1 aliphatic heterocycles. The fourth-order valence-electron chi connectivity index (χ4n) is 1.88. The molecule has 1 fully saturated rings. The Bertz CT molecular complexity index is 342. The van der Waals surface area contributed by atoms with E-state index in [2.05, 4.69) is 9.97 Å². The van der Waals surface area contributed by atoms with Crippen LogP contribution in [-0.4, -0.2) is 36.3 Å². The molecule has 0 spiro atoms. The maximum absolute atomic E-state index is 12.9. The topological polar surface area (TPSA) is 38.2 Å². The van der Waals surface area contributed by atoms with E-state index in [0.29, 0.717) is 5.82 Å². The van der Waals surface area contributed by atoms with E-state index in [0.717, 1.165) is 26.0 Å². The van der Waals surface area contributed by atoms with E-state index in [1.807, 2.05) is 11.9 Å². The first-order valence-electron chi connectivity index (χ1n) is 5.56. The molecule has 88 valence electrons. The van der Waals surface area contributed by atoms with E-state index < -0.39 is 5.95 Å². The summed E-state index contributed by atoms with van der Waals surface area (Å²) in [6.45, 7) is 1.58. The van der Waals surface area contributed by atoms with Crippen molar-refractivity contribution in [2.45, 2.75) is 25.4 Å². The molecule has 4 nitrogen and oxygen atoms in total. The Balaban J connectivity index is 1.94. The van der Waals surface area contributed by atoms with Gasteiger partial charge in [0.05, 0.1) is 6.10 Å². The number of hydrogen-bond donors (Lipinski definition) is 0. The Morgan fingerprint density at radius 2 is 2.38 bits per heavy atom. The summed E-state index contributed by atoms with van der Waals surface area (Å²) in [5, 5.41) is 0. The quantitative estimate of drug-likeness (QED) is 0.733. The van der Waals surface area contributed by atoms with Gasteiger partial charge in [-0.3, -0.25) is 0 Å². The normalized spacial score (nSPS) is 20.8. The molecule has 0 saturated carbocycles. The van der Waals surface area contributed by atoms with Gasteiger partial charge in [-0.15, -0.1) is 0 Å². The number of rotatable bonds is 3. The van der Waals surface area contributed by atoms with Crippen molar-refractivity contribution >= 4 is 5.82 Å². The largest absolute Gasteiger partial charge is 0.376 e. The maximum atomic E-state index is 12.9. The van der Waals surface area contributed by atoms with Crippen molar-refractivity contribution in [1.29, 1.82) is 0 Å². The minimum Gasteiger partial charge on any atom is -0.376 e. The van der Waals surface area contributed by atoms with Crippen LogP contribution in [0.3, 0.4) is 0 Å². The summed E-state index contributed by atoms with van der Waals surface area (Å²) in [7, 11) is 1.89. The molecule has 0 radical (unpaired) electrons. The van der Waals surface area contributed by atoms with E-state index >= 15 is 0 Å². The predicted molar refractivity (Wildman–Crippen MR) is 58.9 cm³/mol. The average Bonchev–Trinajstić information content (AvgIpc) is 2.30. The lowest BCUT2D eigenvalue weighted by Gasteiger charge is -2.27. The third-order valence-corrected chi connectivity index (χ3v) is 2.76. The van der Waals surface area contributed by atoms with Gasteiger partial charge in [-0.05, 0) is 19.3 Å². The molecule has 5 heteroatoms. The number of hydrogen-bond acceptors (Lipinski definition) is 4. The third kappa shape index (κ3) is 2.88. The van der Waals surface area contributed by atoms with Crippen molar-refractivity contribution in [3.8, 4) is 0 Å². The summed E-state index contributed by atoms with van der Waals surface area (Å²) in [5.74, 6) is 0.100. The Morgan fingerprint density at radius 3 is 3.06 bits per heavy atom. The minimum absolute atomic E-state index is 0.233. The molecular formula is C11H16FN3O. The van der Waals surface area contributed by atoms with Crippen molar-refractivity contribution in [1.82, 2.24) is 9.97 Å². The molecule has 0 bridgehead atoms. The van der Waals surface area contributed by atoms with E-state index in [-0.39, 0.29) is 6.10 Å². The summed E-state index contributed by atoms with van der Waals surface area (Å²) in [6.07, 6.45) is 4.89. The second kappa shape index (κ2) is 5.21. The zero-order valence-corrected chi connectivity index (χ0v) is 9.40. The lowest BCUT2D eigenvalue weighted by Crippen LogP contribution is -2.33. The zero-order chi connectivity index (χ0) is 11.4. The Hall–Kier alpha value is -1.23. The van der Waals surface area contributed by atoms with Crippen molar-refractivity contribution in [2.24, 2.45) is 0 Å². The van der Waals surface area contributed by atoms with Gasteiger partial charge in [0, 0.05) is 26.3 Å². The minimum atomic E-state index is -0.499. The number of nitrogens with zero attached hydrogens (tertiary/aromatic N) is 3. The van der Waals surface area contributed by atoms with Crippen LogP contribution in [0.5, 0.6) is 0 Å². The number of ether oxygens (including phenoxy) is 1. The van der Waals surface area contributed by atoms with Crippen LogP contribution in [0.4, 0.5) is 10.2 Å². The van der Waals surface area contributed by atoms with Gasteiger partial charge in [-0.1, -0.05) is 0 Å². The summed E-state index contributed by atoms with van der Waals surface area (Å²) in [4.78, 5) is 9.36. The molecule has 1 saturated heterocycles. The lowest BCUT2D eigenvalue weighted by molar-refractivity contribution is 0.0215. The highest BCUT2D eigenvalue weighted by Crippen LogP contribution is 2.16. The third-order valence-electron chi connectivity index (χ3n) is 2.76. The fourth-order valence-corrected chi connectivity index (χ4v) is 1.88. The van der Waals surface area contributed by atoms with Gasteiger partial charge in [0.15, 0.2) is 0 Å². The maximum Gasteiger partial charge on any atom is 0.218 e. The van der Waals surface area contributed by atoms with E-state index in [4.69, 9.17) is 4.74 Å². The summed E-state index contributed by atoms with van der Waals surface area (Å²) >= 11 is 0. The van der Waals surface area contributed by atoms with Crippen molar-refractivity contribution < 1.29 is 9.13 Å². The number of anilines is 1. The molecule has 1 aromatic rings. The first-order chi connectivity index (χ1) is 7.75. The number of likely N-dealkylation sites (N-methyl/N-ethyl adjacent to an activating group) is 1. The fraction of sp³-hybridized carbons (Fsp3) is 0.636. The Morgan fingerprint density at radius 1 is 1.50 bits per heavy atom. The summed E-state index contributed by atoms with van der Waals surface area (Å²) in [6, 6.07) is 1.34. The van der Waals surface area contributed by atoms with E-state index in [9.17, 15) is 4.39 Å². The Kier molecular flexibility index (Phi) is 3.66. The molecule has 1 aromatic heterocycles. The van der Waals surface area contributed by atoms with Crippen LogP contribution in [0.25, 0.3) is 0 Å². The van der Waals surface area contributed by atoms with Crippen molar-refractivity contribution in [2.75, 3.05) is 25.1 Å². The van der Waals surface area contributed by atoms with Crippen LogP contribution in [0.15, 0.2) is 12.4 Å². The van der Waals surface area contributed by atoms with Crippen molar-refractivity contribution in [3.05, 3.63) is 18.3 Å². The highest BCUT2D eigenvalue weighted by atomic mass is 19.1. The van der Waals surface area contributed by atoms with Crippen LogP contribution in [-0.2, 0) is 4.74 Å². The van der Waals surface area contributed by atoms with Gasteiger partial charge in [-0.2, -0.15) is 4.39 Å². The molecule has 0 aromatic carbocycles. The Labute approximate surface area is 94.5 Å². The molecule has 0 amide bonds. The van der Waals surface area contributed by atoms with Gasteiger partial charge in [0.2, 0.25) is 5.95 Å². The van der Waals surface area contributed by atoms with Crippen LogP contribution in [0, 0.1) is 5.95 Å². The zero-order valence-electron chi connectivity index (χ0n) is 9.40. The molecule has 1 atom stereocenters. The highest BCUT2D eigenvalue weighted by Gasteiger charge is 2.16. The monoisotopic (exact) mass is 225 g/mol. The van der Waals surface area contributed by atoms with Gasteiger partial charge in [0.1, 0.15) is 12.1 Å². The second-order valence-corrected chi connectivity index (χ2v) is 4.07. The van der Waals surface area contributed by atoms with Crippen LogP contribution >= 0.6 is 0 Å². The first-order valence-corrected chi connectivity index (χ1v) is 5.56. The molecule has 2 rings (SSSR count). The van der Waals surface area contributed by atoms with Gasteiger partial charge in [-0.25, -0.2) is 9.97 Å². The second-order valence-electron chi connectivity index (χ2n) is 4.07. The predicted octanol–water partition coefficient (Wildman–Crippen LogP) is 1.62. The van der Waals surface area contributed by atoms with E-state index in [1.165, 1.54) is 18.8 Å². The lowest BCUT2D eigenvalue weighted by atomic mass is 10.1. The van der Waals surface area contributed by atoms with E-state index in [1.54, 1.807) is 0 Å². The standard InChI is InChI=1S/C11H16FN3O/c1-15(7-9-4-2-3-5-16-9)11-6-10(12)13-8-14-11/h6,8-9H,2-5,7H2,1H3. The smallest absolute Gasteiger partial charge is 0.218 e. The van der Waals surface area contributed by atoms with Gasteiger partial charge in [0.25, 0.3) is 0 Å². The van der Waals surface area contributed by atoms with Crippen molar-refractivity contribution in [3.63, 3.8) is 0 Å². The molecule has 16 heavy (non-hydrogen) atoms. The number of aromatic nitrogens is 2. The van der Waals surface area contributed by atoms with Gasteiger partial charge < -0.3 is 9.64 Å².